The zero-order valence-electron chi connectivity index (χ0n) is 38.8. The molecule has 0 fully saturated rings. The predicted octanol–water partition coefficient (Wildman–Crippen LogP) is 15.5. The van der Waals surface area contributed by atoms with Crippen LogP contribution in [0.5, 0.6) is 0 Å². The van der Waals surface area contributed by atoms with Crippen molar-refractivity contribution in [2.75, 3.05) is 13.2 Å². The van der Waals surface area contributed by atoms with E-state index in [0.717, 1.165) is 96.3 Å². The van der Waals surface area contributed by atoms with Crippen LogP contribution in [-0.4, -0.2) is 37.2 Å². The van der Waals surface area contributed by atoms with Gasteiger partial charge in [0, 0.05) is 19.3 Å². The Morgan fingerprint density at radius 1 is 0.323 bits per heavy atom. The third-order valence-electron chi connectivity index (χ3n) is 8.77. The number of carbonyl (C=O) groups is 3. The van der Waals surface area contributed by atoms with Crippen molar-refractivity contribution in [3.63, 3.8) is 0 Å². The Balaban J connectivity index is 4.68. The fourth-order valence-corrected chi connectivity index (χ4v) is 5.37. The first-order valence-corrected chi connectivity index (χ1v) is 23.5. The highest BCUT2D eigenvalue weighted by molar-refractivity contribution is 5.71. The molecular formula is C56H82O6. The number of rotatable bonds is 39. The molecule has 0 N–H and O–H groups in total. The van der Waals surface area contributed by atoms with Crippen LogP contribution in [0, 0.1) is 0 Å². The van der Waals surface area contributed by atoms with Crippen molar-refractivity contribution in [1.82, 2.24) is 0 Å². The smallest absolute Gasteiger partial charge is 0.306 e. The summed E-state index contributed by atoms with van der Waals surface area (Å²) >= 11 is 0. The Kier molecular flexibility index (Phi) is 44.8. The summed E-state index contributed by atoms with van der Waals surface area (Å²) < 4.78 is 16.5. The molecule has 0 aliphatic heterocycles. The van der Waals surface area contributed by atoms with E-state index in [4.69, 9.17) is 14.2 Å². The Morgan fingerprint density at radius 2 is 0.581 bits per heavy atom. The summed E-state index contributed by atoms with van der Waals surface area (Å²) in [6.07, 6.45) is 71.1. The second-order valence-electron chi connectivity index (χ2n) is 14.5. The van der Waals surface area contributed by atoms with Gasteiger partial charge >= 0.3 is 17.9 Å². The van der Waals surface area contributed by atoms with E-state index in [2.05, 4.69) is 167 Å². The summed E-state index contributed by atoms with van der Waals surface area (Å²) in [5.74, 6) is -1.17. The quantitative estimate of drug-likeness (QED) is 0.0265. The average molecular weight is 851 g/mol. The first kappa shape index (κ1) is 57.0. The van der Waals surface area contributed by atoms with Gasteiger partial charge < -0.3 is 14.2 Å². The second-order valence-corrected chi connectivity index (χ2v) is 14.5. The highest BCUT2D eigenvalue weighted by atomic mass is 16.6. The molecule has 0 saturated heterocycles. The molecule has 1 unspecified atom stereocenters. The van der Waals surface area contributed by atoms with Crippen molar-refractivity contribution >= 4 is 17.9 Å². The number of ether oxygens (including phenoxy) is 3. The molecule has 0 aromatic rings. The lowest BCUT2D eigenvalue weighted by molar-refractivity contribution is -0.166. The van der Waals surface area contributed by atoms with E-state index in [-0.39, 0.29) is 44.4 Å². The lowest BCUT2D eigenvalue weighted by Gasteiger charge is -2.18. The zero-order valence-corrected chi connectivity index (χ0v) is 38.8. The van der Waals surface area contributed by atoms with Crippen LogP contribution in [0.2, 0.25) is 0 Å². The van der Waals surface area contributed by atoms with E-state index in [1.54, 1.807) is 0 Å². The Hall–Kier alpha value is -4.97. The van der Waals surface area contributed by atoms with E-state index >= 15 is 0 Å². The van der Waals surface area contributed by atoms with Crippen LogP contribution in [0.4, 0.5) is 0 Å². The highest BCUT2D eigenvalue weighted by Crippen LogP contribution is 2.08. The number of hydrogen-bond donors (Lipinski definition) is 0. The third kappa shape index (κ3) is 46.1. The molecular weight excluding hydrogens is 769 g/mol. The summed E-state index contributed by atoms with van der Waals surface area (Å²) in [6.45, 7) is 6.08. The van der Waals surface area contributed by atoms with E-state index < -0.39 is 12.1 Å². The monoisotopic (exact) mass is 851 g/mol. The van der Waals surface area contributed by atoms with Crippen molar-refractivity contribution in [2.24, 2.45) is 0 Å². The number of hydrogen-bond acceptors (Lipinski definition) is 6. The van der Waals surface area contributed by atoms with Crippen LogP contribution in [0.3, 0.4) is 0 Å². The molecule has 0 rings (SSSR count). The molecule has 0 amide bonds. The van der Waals surface area contributed by atoms with E-state index in [1.165, 1.54) is 0 Å². The van der Waals surface area contributed by atoms with Crippen LogP contribution in [0.15, 0.2) is 158 Å². The molecule has 1 atom stereocenters. The minimum absolute atomic E-state index is 0.160. The molecule has 0 aromatic carbocycles. The van der Waals surface area contributed by atoms with Crippen LogP contribution >= 0.6 is 0 Å². The minimum atomic E-state index is -0.867. The maximum atomic E-state index is 12.7. The zero-order chi connectivity index (χ0) is 45.1. The second kappa shape index (κ2) is 48.7. The summed E-state index contributed by atoms with van der Waals surface area (Å²) in [5, 5.41) is 0. The average Bonchev–Trinajstić information content (AvgIpc) is 3.27. The fourth-order valence-electron chi connectivity index (χ4n) is 5.37. The van der Waals surface area contributed by atoms with Crippen molar-refractivity contribution in [1.29, 1.82) is 0 Å². The van der Waals surface area contributed by atoms with Gasteiger partial charge in [-0.2, -0.15) is 0 Å². The molecule has 0 aromatic heterocycles. The number of unbranched alkanes of at least 4 members (excludes halogenated alkanes) is 2. The molecule has 0 heterocycles. The van der Waals surface area contributed by atoms with Crippen molar-refractivity contribution in [3.05, 3.63) is 158 Å². The third-order valence-corrected chi connectivity index (χ3v) is 8.77. The van der Waals surface area contributed by atoms with Gasteiger partial charge in [0.2, 0.25) is 0 Å². The summed E-state index contributed by atoms with van der Waals surface area (Å²) in [5.41, 5.74) is 0. The first-order chi connectivity index (χ1) is 30.5. The van der Waals surface area contributed by atoms with Crippen molar-refractivity contribution in [3.8, 4) is 0 Å². The Morgan fingerprint density at radius 3 is 0.871 bits per heavy atom. The molecule has 342 valence electrons. The summed E-state index contributed by atoms with van der Waals surface area (Å²) in [7, 11) is 0. The number of esters is 3. The summed E-state index contributed by atoms with van der Waals surface area (Å²) in [4.78, 5) is 37.8. The van der Waals surface area contributed by atoms with Gasteiger partial charge in [0.25, 0.3) is 0 Å². The van der Waals surface area contributed by atoms with Gasteiger partial charge in [-0.05, 0) is 116 Å². The van der Waals surface area contributed by atoms with Crippen molar-refractivity contribution in [2.45, 2.75) is 162 Å². The van der Waals surface area contributed by atoms with Crippen LogP contribution in [0.25, 0.3) is 0 Å². The van der Waals surface area contributed by atoms with Crippen LogP contribution in [-0.2, 0) is 28.6 Å². The molecule has 0 spiro atoms. The van der Waals surface area contributed by atoms with E-state index in [1.807, 2.05) is 12.2 Å². The fraction of sp³-hybridized carbons (Fsp3) is 0.482. The van der Waals surface area contributed by atoms with Gasteiger partial charge in [-0.25, -0.2) is 0 Å². The number of carbonyl (C=O) groups excluding carboxylic acids is 3. The lowest BCUT2D eigenvalue weighted by atomic mass is 10.2. The molecule has 0 bridgehead atoms. The van der Waals surface area contributed by atoms with Crippen LogP contribution in [0.1, 0.15) is 156 Å². The Bertz CT molecular complexity index is 1490. The Labute approximate surface area is 378 Å². The SMILES string of the molecule is CC/C=C\C/C=C\C/C=C\C/C=C\C/C=C\CCCC(=O)OCC(COC(=O)CCC/C=C\C/C=C\C/C=C\CC)OC(=O)CC/C=C\C/C=C\C/C=C\C/C=C\C/C=C\CC. The lowest BCUT2D eigenvalue weighted by Crippen LogP contribution is -2.30. The largest absolute Gasteiger partial charge is 0.462 e. The topological polar surface area (TPSA) is 78.9 Å². The minimum Gasteiger partial charge on any atom is -0.462 e. The molecule has 62 heavy (non-hydrogen) atoms. The maximum absolute atomic E-state index is 12.7. The van der Waals surface area contributed by atoms with Crippen LogP contribution < -0.4 is 0 Å². The normalized spacial score (nSPS) is 13.5. The van der Waals surface area contributed by atoms with E-state index in [0.29, 0.717) is 19.3 Å². The van der Waals surface area contributed by atoms with Gasteiger partial charge in [-0.15, -0.1) is 0 Å². The first-order valence-electron chi connectivity index (χ1n) is 23.5. The number of allylic oxidation sites excluding steroid dienone is 26. The molecule has 0 aliphatic carbocycles. The predicted molar refractivity (Wildman–Crippen MR) is 265 cm³/mol. The standard InChI is InChI=1S/C56H82O6/c1-4-7-10-13-16-19-22-24-26-28-30-31-34-37-40-43-46-49-55(58)61-52-53(51-60-54(57)48-45-42-39-36-33-21-18-15-12-9-6-3)62-56(59)50-47-44-41-38-35-32-29-27-25-23-20-17-14-11-8-5-2/h7-12,16-21,24-27,30-32,35-37,39-41,44,53H,4-6,13-15,22-23,28-29,33-34,38,42-43,45-52H2,1-3H3/b10-7-,11-8-,12-9-,19-16-,20-17-,21-18-,26-24-,27-25-,31-30-,35-32-,39-36-,40-37-,44-41-. The molecule has 0 radical (unpaired) electrons. The van der Waals surface area contributed by atoms with Gasteiger partial charge in [0.1, 0.15) is 13.2 Å². The molecule has 6 heteroatoms. The van der Waals surface area contributed by atoms with Crippen molar-refractivity contribution < 1.29 is 28.6 Å². The highest BCUT2D eigenvalue weighted by Gasteiger charge is 2.19. The van der Waals surface area contributed by atoms with Gasteiger partial charge in [0.05, 0.1) is 0 Å². The molecule has 0 aliphatic rings. The summed E-state index contributed by atoms with van der Waals surface area (Å²) in [6, 6.07) is 0. The molecule has 0 saturated carbocycles. The molecule has 6 nitrogen and oxygen atoms in total. The van der Waals surface area contributed by atoms with Gasteiger partial charge in [0.15, 0.2) is 6.10 Å². The van der Waals surface area contributed by atoms with E-state index in [9.17, 15) is 14.4 Å². The van der Waals surface area contributed by atoms with Gasteiger partial charge in [-0.1, -0.05) is 179 Å². The van der Waals surface area contributed by atoms with Gasteiger partial charge in [-0.3, -0.25) is 14.4 Å². The maximum Gasteiger partial charge on any atom is 0.306 e.